The number of nitro groups is 1. The summed E-state index contributed by atoms with van der Waals surface area (Å²) in [5, 5.41) is 14.3. The third kappa shape index (κ3) is 3.67. The highest BCUT2D eigenvalue weighted by Gasteiger charge is 2.14. The SMILES string of the molecule is Cc1ccc(/C=N\NC(=O)c2ccc([N+](=O)[O-])cc2Cl)o1. The molecular formula is C13H10ClN3O4. The molecule has 21 heavy (non-hydrogen) atoms. The minimum absolute atomic E-state index is 0.0225. The predicted molar refractivity (Wildman–Crippen MR) is 76.6 cm³/mol. The Bertz CT molecular complexity index is 724. The molecule has 0 spiro atoms. The molecule has 7 nitrogen and oxygen atoms in total. The van der Waals surface area contributed by atoms with Gasteiger partial charge in [0.1, 0.15) is 11.5 Å². The number of hydrogen-bond acceptors (Lipinski definition) is 5. The van der Waals surface area contributed by atoms with Crippen LogP contribution in [0.3, 0.4) is 0 Å². The zero-order valence-corrected chi connectivity index (χ0v) is 11.6. The van der Waals surface area contributed by atoms with E-state index < -0.39 is 10.8 Å². The molecule has 1 amide bonds. The normalized spacial score (nSPS) is 10.8. The largest absolute Gasteiger partial charge is 0.460 e. The lowest BCUT2D eigenvalue weighted by molar-refractivity contribution is -0.384. The minimum atomic E-state index is -0.592. The molecule has 1 N–H and O–H groups in total. The van der Waals surface area contributed by atoms with Crippen molar-refractivity contribution in [3.05, 3.63) is 62.6 Å². The number of aryl methyl sites for hydroxylation is 1. The van der Waals surface area contributed by atoms with Gasteiger partial charge in [0.05, 0.1) is 21.7 Å². The van der Waals surface area contributed by atoms with E-state index in [2.05, 4.69) is 10.5 Å². The molecule has 108 valence electrons. The third-order valence-corrected chi connectivity index (χ3v) is 2.84. The number of hydrogen-bond donors (Lipinski definition) is 1. The van der Waals surface area contributed by atoms with Gasteiger partial charge >= 0.3 is 0 Å². The van der Waals surface area contributed by atoms with Crippen molar-refractivity contribution in [2.24, 2.45) is 5.10 Å². The number of rotatable bonds is 4. The van der Waals surface area contributed by atoms with Crippen molar-refractivity contribution in [1.82, 2.24) is 5.43 Å². The van der Waals surface area contributed by atoms with Crippen LogP contribution in [0.4, 0.5) is 5.69 Å². The van der Waals surface area contributed by atoms with Crippen LogP contribution in [0.2, 0.25) is 5.02 Å². The second-order valence-electron chi connectivity index (χ2n) is 4.07. The Morgan fingerprint density at radius 3 is 2.76 bits per heavy atom. The number of nitrogens with zero attached hydrogens (tertiary/aromatic N) is 2. The lowest BCUT2D eigenvalue weighted by Gasteiger charge is -2.02. The number of benzene rings is 1. The summed E-state index contributed by atoms with van der Waals surface area (Å²) >= 11 is 5.83. The van der Waals surface area contributed by atoms with Crippen molar-refractivity contribution < 1.29 is 14.1 Å². The molecule has 0 saturated carbocycles. The van der Waals surface area contributed by atoms with E-state index in [1.165, 1.54) is 18.3 Å². The van der Waals surface area contributed by atoms with Crippen molar-refractivity contribution in [3.63, 3.8) is 0 Å². The second kappa shape index (κ2) is 6.19. The fourth-order valence-corrected chi connectivity index (χ4v) is 1.80. The first kappa shape index (κ1) is 14.7. The number of halogens is 1. The van der Waals surface area contributed by atoms with Crippen molar-refractivity contribution >= 4 is 29.4 Å². The van der Waals surface area contributed by atoms with E-state index in [9.17, 15) is 14.9 Å². The average Bonchev–Trinajstić information content (AvgIpc) is 2.84. The molecule has 0 fully saturated rings. The summed E-state index contributed by atoms with van der Waals surface area (Å²) in [6, 6.07) is 7.03. The third-order valence-electron chi connectivity index (χ3n) is 2.53. The van der Waals surface area contributed by atoms with E-state index >= 15 is 0 Å². The first-order chi connectivity index (χ1) is 9.97. The highest BCUT2D eigenvalue weighted by Crippen LogP contribution is 2.22. The number of carbonyl (C=O) groups is 1. The highest BCUT2D eigenvalue weighted by atomic mass is 35.5. The van der Waals surface area contributed by atoms with Gasteiger partial charge in [-0.05, 0) is 25.1 Å². The maximum Gasteiger partial charge on any atom is 0.272 e. The molecule has 1 aromatic heterocycles. The maximum absolute atomic E-state index is 11.8. The zero-order valence-electron chi connectivity index (χ0n) is 10.9. The Morgan fingerprint density at radius 2 is 2.19 bits per heavy atom. The molecule has 0 aliphatic rings. The molecule has 0 atom stereocenters. The van der Waals surface area contributed by atoms with Crippen LogP contribution in [0.15, 0.2) is 39.9 Å². The molecule has 0 saturated heterocycles. The molecule has 0 aliphatic heterocycles. The van der Waals surface area contributed by atoms with E-state index in [1.54, 1.807) is 19.1 Å². The lowest BCUT2D eigenvalue weighted by atomic mass is 10.2. The predicted octanol–water partition coefficient (Wildman–Crippen LogP) is 2.91. The molecule has 0 radical (unpaired) electrons. The average molecular weight is 308 g/mol. The molecule has 2 aromatic rings. The maximum atomic E-state index is 11.8. The summed E-state index contributed by atoms with van der Waals surface area (Å²) in [6.07, 6.45) is 1.34. The van der Waals surface area contributed by atoms with Crippen molar-refractivity contribution in [2.75, 3.05) is 0 Å². The molecule has 8 heteroatoms. The Labute approximate surface area is 124 Å². The van der Waals surface area contributed by atoms with Gasteiger partial charge in [-0.2, -0.15) is 5.10 Å². The van der Waals surface area contributed by atoms with Gasteiger partial charge in [-0.15, -0.1) is 0 Å². The van der Waals surface area contributed by atoms with Crippen molar-refractivity contribution in [1.29, 1.82) is 0 Å². The van der Waals surface area contributed by atoms with E-state index in [4.69, 9.17) is 16.0 Å². The first-order valence-electron chi connectivity index (χ1n) is 5.81. The van der Waals surface area contributed by atoms with Gasteiger partial charge in [0, 0.05) is 12.1 Å². The minimum Gasteiger partial charge on any atom is -0.460 e. The van der Waals surface area contributed by atoms with Crippen LogP contribution in [-0.2, 0) is 0 Å². The van der Waals surface area contributed by atoms with Gasteiger partial charge in [-0.3, -0.25) is 14.9 Å². The standard InChI is InChI=1S/C13H10ClN3O4/c1-8-2-4-10(21-8)7-15-16-13(18)11-5-3-9(17(19)20)6-12(11)14/h2-7H,1H3,(H,16,18)/b15-7-. The first-order valence-corrected chi connectivity index (χ1v) is 6.19. The van der Waals surface area contributed by atoms with E-state index in [0.29, 0.717) is 5.76 Å². The van der Waals surface area contributed by atoms with Crippen LogP contribution >= 0.6 is 11.6 Å². The van der Waals surface area contributed by atoms with E-state index in [-0.39, 0.29) is 16.3 Å². The van der Waals surface area contributed by atoms with Gasteiger partial charge < -0.3 is 4.42 Å². The van der Waals surface area contributed by atoms with Crippen LogP contribution in [0, 0.1) is 17.0 Å². The number of furan rings is 1. The second-order valence-corrected chi connectivity index (χ2v) is 4.48. The van der Waals surface area contributed by atoms with Crippen LogP contribution in [0.5, 0.6) is 0 Å². The summed E-state index contributed by atoms with van der Waals surface area (Å²) in [5.41, 5.74) is 2.17. The molecule has 2 rings (SSSR count). The van der Waals surface area contributed by atoms with Gasteiger partial charge in [0.2, 0.25) is 0 Å². The number of nitrogens with one attached hydrogen (secondary N) is 1. The number of nitro benzene ring substituents is 1. The summed E-state index contributed by atoms with van der Waals surface area (Å²) < 4.78 is 5.24. The Balaban J connectivity index is 2.06. The van der Waals surface area contributed by atoms with Crippen LogP contribution in [-0.4, -0.2) is 17.0 Å². The van der Waals surface area contributed by atoms with Crippen molar-refractivity contribution in [3.8, 4) is 0 Å². The topological polar surface area (TPSA) is 97.7 Å². The molecule has 0 bridgehead atoms. The molecule has 1 aromatic carbocycles. The zero-order chi connectivity index (χ0) is 15.4. The summed E-state index contributed by atoms with van der Waals surface area (Å²) in [7, 11) is 0. The number of hydrazone groups is 1. The molecular weight excluding hydrogens is 298 g/mol. The van der Waals surface area contributed by atoms with Gasteiger partial charge in [0.25, 0.3) is 11.6 Å². The van der Waals surface area contributed by atoms with Gasteiger partial charge in [-0.1, -0.05) is 11.6 Å². The van der Waals surface area contributed by atoms with Crippen molar-refractivity contribution in [2.45, 2.75) is 6.92 Å². The van der Waals surface area contributed by atoms with Gasteiger partial charge in [0.15, 0.2) is 0 Å². The fraction of sp³-hybridized carbons (Fsp3) is 0.0769. The monoisotopic (exact) mass is 307 g/mol. The number of non-ortho nitro benzene ring substituents is 1. The van der Waals surface area contributed by atoms with Crippen LogP contribution in [0.25, 0.3) is 0 Å². The number of amides is 1. The smallest absolute Gasteiger partial charge is 0.272 e. The quantitative estimate of drug-likeness (QED) is 0.533. The molecule has 1 heterocycles. The Kier molecular flexibility index (Phi) is 4.34. The van der Waals surface area contributed by atoms with Crippen LogP contribution in [0.1, 0.15) is 21.9 Å². The molecule has 0 unspecified atom stereocenters. The fourth-order valence-electron chi connectivity index (χ4n) is 1.54. The number of carbonyl (C=O) groups excluding carboxylic acids is 1. The summed E-state index contributed by atoms with van der Waals surface area (Å²) in [5.74, 6) is 0.637. The van der Waals surface area contributed by atoms with Gasteiger partial charge in [-0.25, -0.2) is 5.43 Å². The Morgan fingerprint density at radius 1 is 1.43 bits per heavy atom. The van der Waals surface area contributed by atoms with E-state index in [0.717, 1.165) is 11.8 Å². The highest BCUT2D eigenvalue weighted by molar-refractivity contribution is 6.34. The lowest BCUT2D eigenvalue weighted by Crippen LogP contribution is -2.18. The van der Waals surface area contributed by atoms with E-state index in [1.807, 2.05) is 0 Å². The Hall–Kier alpha value is -2.67. The van der Waals surface area contributed by atoms with Crippen LogP contribution < -0.4 is 5.43 Å². The molecule has 0 aliphatic carbocycles. The summed E-state index contributed by atoms with van der Waals surface area (Å²) in [6.45, 7) is 1.78. The summed E-state index contributed by atoms with van der Waals surface area (Å²) in [4.78, 5) is 21.8.